The van der Waals surface area contributed by atoms with E-state index in [0.29, 0.717) is 26.9 Å². The van der Waals surface area contributed by atoms with Gasteiger partial charge in [-0.15, -0.1) is 11.3 Å². The molecule has 1 N–H and O–H groups in total. The van der Waals surface area contributed by atoms with Gasteiger partial charge in [0.25, 0.3) is 5.91 Å². The zero-order valence-corrected chi connectivity index (χ0v) is 23.5. The molecule has 1 aromatic heterocycles. The number of thiophene rings is 1. The van der Waals surface area contributed by atoms with Gasteiger partial charge in [0.05, 0.1) is 7.11 Å². The highest BCUT2D eigenvalue weighted by atomic mass is 35.5. The Labute approximate surface area is 222 Å². The van der Waals surface area contributed by atoms with Crippen LogP contribution in [-0.4, -0.2) is 25.6 Å². The molecule has 0 aliphatic heterocycles. The number of benzene rings is 2. The average molecular weight is 528 g/mol. The van der Waals surface area contributed by atoms with E-state index < -0.39 is 5.97 Å². The Balaban J connectivity index is 1.73. The van der Waals surface area contributed by atoms with Gasteiger partial charge < -0.3 is 14.8 Å². The number of halogens is 1. The number of carbonyl (C=O) groups excluding carboxylic acids is 2. The zero-order valence-electron chi connectivity index (χ0n) is 22.0. The first-order valence-corrected chi connectivity index (χ1v) is 13.0. The lowest BCUT2D eigenvalue weighted by molar-refractivity contribution is -0.118. The van der Waals surface area contributed by atoms with Gasteiger partial charge in [-0.1, -0.05) is 70.5 Å². The van der Waals surface area contributed by atoms with E-state index in [2.05, 4.69) is 39.9 Å². The molecule has 0 unspecified atom stereocenters. The topological polar surface area (TPSA) is 64.6 Å². The molecule has 0 aliphatic carbocycles. The van der Waals surface area contributed by atoms with Crippen molar-refractivity contribution < 1.29 is 19.1 Å². The van der Waals surface area contributed by atoms with Crippen LogP contribution in [0.3, 0.4) is 0 Å². The van der Waals surface area contributed by atoms with E-state index in [9.17, 15) is 9.59 Å². The minimum Gasteiger partial charge on any atom is -0.484 e. The second-order valence-corrected chi connectivity index (χ2v) is 12.4. The van der Waals surface area contributed by atoms with Crippen LogP contribution in [-0.2, 0) is 14.9 Å². The number of amides is 1. The number of esters is 1. The normalized spacial score (nSPS) is 11.8. The van der Waals surface area contributed by atoms with Gasteiger partial charge in [-0.2, -0.15) is 0 Å². The van der Waals surface area contributed by atoms with Gasteiger partial charge in [-0.05, 0) is 59.6 Å². The zero-order chi connectivity index (χ0) is 26.7. The van der Waals surface area contributed by atoms with E-state index in [0.717, 1.165) is 16.9 Å². The highest BCUT2D eigenvalue weighted by Gasteiger charge is 2.27. The Bertz CT molecular complexity index is 1240. The fraction of sp³-hybridized carbons (Fsp3) is 0.379. The molecule has 0 saturated heterocycles. The van der Waals surface area contributed by atoms with Gasteiger partial charge in [-0.3, -0.25) is 4.79 Å². The average Bonchev–Trinajstić information content (AvgIpc) is 3.11. The Morgan fingerprint density at radius 1 is 1.03 bits per heavy atom. The monoisotopic (exact) mass is 527 g/mol. The van der Waals surface area contributed by atoms with Gasteiger partial charge in [0, 0.05) is 15.5 Å². The van der Waals surface area contributed by atoms with E-state index in [4.69, 9.17) is 21.1 Å². The van der Waals surface area contributed by atoms with Crippen LogP contribution in [0.25, 0.3) is 11.1 Å². The number of carbonyl (C=O) groups is 2. The van der Waals surface area contributed by atoms with E-state index in [1.54, 1.807) is 12.1 Å². The molecular formula is C29H34ClNO4S. The molecule has 0 bridgehead atoms. The summed E-state index contributed by atoms with van der Waals surface area (Å²) in [5, 5.41) is 3.80. The predicted octanol–water partition coefficient (Wildman–Crippen LogP) is 7.89. The van der Waals surface area contributed by atoms with E-state index in [-0.39, 0.29) is 23.3 Å². The van der Waals surface area contributed by atoms with Gasteiger partial charge in [0.2, 0.25) is 0 Å². The molecule has 0 fully saturated rings. The third-order valence-electron chi connectivity index (χ3n) is 5.82. The maximum absolute atomic E-state index is 12.7. The first kappa shape index (κ1) is 27.8. The summed E-state index contributed by atoms with van der Waals surface area (Å²) in [6.45, 7) is 12.9. The standard InChI is InChI=1S/C29H34ClNO4S/c1-18-24(19-9-8-10-21(30)15-19)25(27(33)34-7)26(36-18)31-23(32)16-35-22-13-11-20(12-14-22)29(5,6)17-28(2,3)4/h8-15H,16-17H2,1-7H3,(H,31,32). The third-order valence-corrected chi connectivity index (χ3v) is 7.07. The first-order chi connectivity index (χ1) is 16.8. The quantitative estimate of drug-likeness (QED) is 0.302. The number of anilines is 1. The molecule has 0 saturated carbocycles. The fourth-order valence-electron chi connectivity index (χ4n) is 4.66. The van der Waals surface area contributed by atoms with Gasteiger partial charge in [0.15, 0.2) is 6.61 Å². The number of ether oxygens (including phenoxy) is 2. The Morgan fingerprint density at radius 2 is 1.69 bits per heavy atom. The van der Waals surface area contributed by atoms with E-state index in [1.165, 1.54) is 24.0 Å². The molecule has 0 spiro atoms. The van der Waals surface area contributed by atoms with Crippen molar-refractivity contribution in [3.8, 4) is 16.9 Å². The van der Waals surface area contributed by atoms with Crippen LogP contribution in [0.5, 0.6) is 5.75 Å². The number of aryl methyl sites for hydroxylation is 1. The summed E-state index contributed by atoms with van der Waals surface area (Å²) in [5.74, 6) is -0.286. The second kappa shape index (κ2) is 11.1. The van der Waals surface area contributed by atoms with Crippen LogP contribution in [0, 0.1) is 12.3 Å². The molecule has 1 amide bonds. The van der Waals surface area contributed by atoms with Crippen molar-refractivity contribution in [2.45, 2.75) is 53.4 Å². The lowest BCUT2D eigenvalue weighted by atomic mass is 9.72. The number of hydrogen-bond donors (Lipinski definition) is 1. The highest BCUT2D eigenvalue weighted by molar-refractivity contribution is 7.17. The SMILES string of the molecule is COC(=O)c1c(NC(=O)COc2ccc(C(C)(C)CC(C)(C)C)cc2)sc(C)c1-c1cccc(Cl)c1. The van der Waals surface area contributed by atoms with E-state index >= 15 is 0 Å². The molecule has 0 atom stereocenters. The summed E-state index contributed by atoms with van der Waals surface area (Å²) in [6, 6.07) is 15.1. The summed E-state index contributed by atoms with van der Waals surface area (Å²) in [5.41, 5.74) is 3.24. The first-order valence-electron chi connectivity index (χ1n) is 11.8. The molecule has 192 valence electrons. The number of hydrogen-bond acceptors (Lipinski definition) is 5. The smallest absolute Gasteiger partial charge is 0.341 e. The summed E-state index contributed by atoms with van der Waals surface area (Å²) in [7, 11) is 1.32. The molecule has 7 heteroatoms. The van der Waals surface area contributed by atoms with Crippen molar-refractivity contribution in [2.75, 3.05) is 19.0 Å². The largest absolute Gasteiger partial charge is 0.484 e. The molecule has 3 rings (SSSR count). The molecule has 36 heavy (non-hydrogen) atoms. The van der Waals surface area contributed by atoms with Crippen molar-refractivity contribution in [1.29, 1.82) is 0 Å². The molecule has 3 aromatic rings. The summed E-state index contributed by atoms with van der Waals surface area (Å²) >= 11 is 7.48. The Hall–Kier alpha value is -2.83. The van der Waals surface area contributed by atoms with Crippen molar-refractivity contribution in [3.63, 3.8) is 0 Å². The maximum Gasteiger partial charge on any atom is 0.341 e. The fourth-order valence-corrected chi connectivity index (χ4v) is 5.93. The maximum atomic E-state index is 12.7. The molecule has 0 aliphatic rings. The van der Waals surface area contributed by atoms with Crippen molar-refractivity contribution in [3.05, 3.63) is 69.6 Å². The second-order valence-electron chi connectivity index (χ2n) is 10.7. The van der Waals surface area contributed by atoms with Crippen molar-refractivity contribution in [2.24, 2.45) is 5.41 Å². The molecule has 2 aromatic carbocycles. The molecular weight excluding hydrogens is 494 g/mol. The molecule has 5 nitrogen and oxygen atoms in total. The van der Waals surface area contributed by atoms with Gasteiger partial charge in [-0.25, -0.2) is 4.79 Å². The number of methoxy groups -OCH3 is 1. The van der Waals surface area contributed by atoms with Crippen LogP contribution in [0.4, 0.5) is 5.00 Å². The summed E-state index contributed by atoms with van der Waals surface area (Å²) < 4.78 is 10.7. The molecule has 0 radical (unpaired) electrons. The van der Waals surface area contributed by atoms with Crippen LogP contribution in [0.2, 0.25) is 5.02 Å². The van der Waals surface area contributed by atoms with Crippen LogP contribution in [0.1, 0.15) is 61.8 Å². The Kier molecular flexibility index (Phi) is 8.52. The minimum absolute atomic E-state index is 0.0240. The lowest BCUT2D eigenvalue weighted by Gasteiger charge is -2.33. The lowest BCUT2D eigenvalue weighted by Crippen LogP contribution is -2.24. The molecule has 1 heterocycles. The Morgan fingerprint density at radius 3 is 2.28 bits per heavy atom. The van der Waals surface area contributed by atoms with Crippen LogP contribution < -0.4 is 10.1 Å². The number of nitrogens with one attached hydrogen (secondary N) is 1. The minimum atomic E-state index is -0.529. The summed E-state index contributed by atoms with van der Waals surface area (Å²) in [6.07, 6.45) is 1.04. The van der Waals surface area contributed by atoms with Gasteiger partial charge >= 0.3 is 5.97 Å². The van der Waals surface area contributed by atoms with Crippen LogP contribution in [0.15, 0.2) is 48.5 Å². The predicted molar refractivity (Wildman–Crippen MR) is 149 cm³/mol. The van der Waals surface area contributed by atoms with Crippen LogP contribution >= 0.6 is 22.9 Å². The van der Waals surface area contributed by atoms with Crippen molar-refractivity contribution in [1.82, 2.24) is 0 Å². The van der Waals surface area contributed by atoms with E-state index in [1.807, 2.05) is 43.3 Å². The summed E-state index contributed by atoms with van der Waals surface area (Å²) in [4.78, 5) is 26.3. The number of rotatable bonds is 8. The van der Waals surface area contributed by atoms with Crippen molar-refractivity contribution >= 4 is 39.8 Å². The third kappa shape index (κ3) is 6.89. The van der Waals surface area contributed by atoms with Gasteiger partial charge in [0.1, 0.15) is 16.3 Å². The highest BCUT2D eigenvalue weighted by Crippen LogP contribution is 2.41.